The molecule has 1 aromatic carbocycles. The van der Waals surface area contributed by atoms with Crippen LogP contribution in [0.3, 0.4) is 0 Å². The summed E-state index contributed by atoms with van der Waals surface area (Å²) in [6.07, 6.45) is 0.209. The van der Waals surface area contributed by atoms with Gasteiger partial charge in [0.05, 0.1) is 17.6 Å². The summed E-state index contributed by atoms with van der Waals surface area (Å²) in [5, 5.41) is 10.8. The number of hydrogen-bond donors (Lipinski definition) is 2. The molecule has 0 aliphatic heterocycles. The van der Waals surface area contributed by atoms with E-state index in [0.29, 0.717) is 5.56 Å². The summed E-state index contributed by atoms with van der Waals surface area (Å²) in [6.45, 7) is 1.80. The number of nitro benzene ring substituents is 1. The van der Waals surface area contributed by atoms with Crippen LogP contribution in [0.15, 0.2) is 18.2 Å². The summed E-state index contributed by atoms with van der Waals surface area (Å²) in [5.41, 5.74) is 11.0. The molecule has 0 radical (unpaired) electrons. The lowest BCUT2D eigenvalue weighted by Crippen LogP contribution is -2.37. The molecule has 98 valence electrons. The summed E-state index contributed by atoms with van der Waals surface area (Å²) < 4.78 is 5.32. The van der Waals surface area contributed by atoms with Gasteiger partial charge in [0.1, 0.15) is 0 Å². The highest BCUT2D eigenvalue weighted by Gasteiger charge is 2.17. The first-order valence-corrected chi connectivity index (χ1v) is 5.35. The number of ether oxygens (including phenoxy) is 1. The van der Waals surface area contributed by atoms with E-state index in [9.17, 15) is 14.9 Å². The fraction of sp³-hybridized carbons (Fsp3) is 0.364. The van der Waals surface area contributed by atoms with Gasteiger partial charge >= 0.3 is 5.69 Å². The molecule has 0 fully saturated rings. The Morgan fingerprint density at radius 3 is 2.78 bits per heavy atom. The number of primary amides is 1. The molecule has 1 aromatic rings. The Morgan fingerprint density at radius 2 is 2.22 bits per heavy atom. The number of amides is 1. The van der Waals surface area contributed by atoms with Crippen molar-refractivity contribution in [3.8, 4) is 5.75 Å². The van der Waals surface area contributed by atoms with E-state index in [4.69, 9.17) is 16.2 Å². The number of hydrogen-bond acceptors (Lipinski definition) is 5. The molecule has 18 heavy (non-hydrogen) atoms. The highest BCUT2D eigenvalue weighted by molar-refractivity contribution is 5.79. The van der Waals surface area contributed by atoms with E-state index in [0.717, 1.165) is 0 Å². The molecule has 0 aliphatic carbocycles. The van der Waals surface area contributed by atoms with Crippen molar-refractivity contribution >= 4 is 11.6 Å². The highest BCUT2D eigenvalue weighted by atomic mass is 16.6. The van der Waals surface area contributed by atoms with Crippen LogP contribution in [-0.2, 0) is 4.79 Å². The number of benzene rings is 1. The lowest BCUT2D eigenvalue weighted by molar-refractivity contribution is -0.385. The Bertz CT molecular complexity index is 462. The van der Waals surface area contributed by atoms with Gasteiger partial charge in [-0.15, -0.1) is 0 Å². The second-order valence-electron chi connectivity index (χ2n) is 3.83. The maximum Gasteiger partial charge on any atom is 0.311 e. The molecule has 7 heteroatoms. The molecule has 0 saturated heterocycles. The van der Waals surface area contributed by atoms with Crippen LogP contribution >= 0.6 is 0 Å². The van der Waals surface area contributed by atoms with Gasteiger partial charge in [-0.1, -0.05) is 12.1 Å². The standard InChI is InChI=1S/C11H15N3O4/c1-7-3-2-4-9(14(16)17)10(7)18-6-5-8(12)11(13)15/h2-4,8H,5-6,12H2,1H3,(H2,13,15). The third kappa shape index (κ3) is 3.42. The molecule has 0 aliphatic rings. The Kier molecular flexibility index (Phi) is 4.61. The zero-order valence-corrected chi connectivity index (χ0v) is 9.96. The minimum atomic E-state index is -0.812. The first-order valence-electron chi connectivity index (χ1n) is 5.35. The van der Waals surface area contributed by atoms with Crippen LogP contribution in [0.1, 0.15) is 12.0 Å². The van der Waals surface area contributed by atoms with Crippen molar-refractivity contribution in [2.75, 3.05) is 6.61 Å². The summed E-state index contributed by atoms with van der Waals surface area (Å²) in [5.74, 6) is -0.433. The number of nitrogens with two attached hydrogens (primary N) is 2. The average Bonchev–Trinajstić information content (AvgIpc) is 2.30. The molecular weight excluding hydrogens is 238 g/mol. The molecule has 1 rings (SSSR count). The topological polar surface area (TPSA) is 121 Å². The maximum absolute atomic E-state index is 10.8. The van der Waals surface area contributed by atoms with E-state index < -0.39 is 16.9 Å². The number of nitro groups is 1. The van der Waals surface area contributed by atoms with Crippen LogP contribution in [0, 0.1) is 17.0 Å². The van der Waals surface area contributed by atoms with Crippen molar-refractivity contribution in [3.63, 3.8) is 0 Å². The predicted molar refractivity (Wildman–Crippen MR) is 65.1 cm³/mol. The summed E-state index contributed by atoms with van der Waals surface area (Å²) in [7, 11) is 0. The van der Waals surface area contributed by atoms with Crippen LogP contribution in [0.25, 0.3) is 0 Å². The first-order chi connectivity index (χ1) is 8.43. The molecule has 7 nitrogen and oxygen atoms in total. The summed E-state index contributed by atoms with van der Waals surface area (Å²) >= 11 is 0. The molecule has 1 atom stereocenters. The molecule has 1 amide bonds. The van der Waals surface area contributed by atoms with E-state index in [-0.39, 0.29) is 24.5 Å². The van der Waals surface area contributed by atoms with Gasteiger partial charge in [-0.25, -0.2) is 0 Å². The van der Waals surface area contributed by atoms with Gasteiger partial charge in [0.2, 0.25) is 5.91 Å². The molecule has 0 bridgehead atoms. The van der Waals surface area contributed by atoms with Crippen molar-refractivity contribution in [3.05, 3.63) is 33.9 Å². The minimum absolute atomic E-state index is 0.0931. The van der Waals surface area contributed by atoms with E-state index in [1.807, 2.05) is 0 Å². The lowest BCUT2D eigenvalue weighted by Gasteiger charge is -2.11. The molecule has 0 aromatic heterocycles. The van der Waals surface area contributed by atoms with E-state index in [1.165, 1.54) is 6.07 Å². The normalized spacial score (nSPS) is 11.9. The monoisotopic (exact) mass is 253 g/mol. The van der Waals surface area contributed by atoms with Crippen LogP contribution < -0.4 is 16.2 Å². The summed E-state index contributed by atoms with van der Waals surface area (Å²) in [4.78, 5) is 21.0. The Hall–Kier alpha value is -2.15. The third-order valence-electron chi connectivity index (χ3n) is 2.43. The molecule has 0 heterocycles. The van der Waals surface area contributed by atoms with Gasteiger partial charge in [0.25, 0.3) is 0 Å². The number of carbonyl (C=O) groups excluding carboxylic acids is 1. The largest absolute Gasteiger partial charge is 0.487 e. The second-order valence-corrected chi connectivity index (χ2v) is 3.83. The number of para-hydroxylation sites is 1. The SMILES string of the molecule is Cc1cccc([N+](=O)[O-])c1OCCC(N)C(N)=O. The van der Waals surface area contributed by atoms with Crippen molar-refractivity contribution < 1.29 is 14.5 Å². The Balaban J connectivity index is 2.72. The van der Waals surface area contributed by atoms with Crippen LogP contribution in [-0.4, -0.2) is 23.5 Å². The number of aryl methyl sites for hydroxylation is 1. The van der Waals surface area contributed by atoms with Gasteiger partial charge in [0.15, 0.2) is 5.75 Å². The number of rotatable bonds is 6. The molecule has 0 saturated carbocycles. The minimum Gasteiger partial charge on any atom is -0.487 e. The summed E-state index contributed by atoms with van der Waals surface area (Å²) in [6, 6.07) is 3.83. The maximum atomic E-state index is 10.8. The highest BCUT2D eigenvalue weighted by Crippen LogP contribution is 2.30. The van der Waals surface area contributed by atoms with Crippen LogP contribution in [0.4, 0.5) is 5.69 Å². The quantitative estimate of drug-likeness (QED) is 0.564. The molecule has 1 unspecified atom stereocenters. The number of nitrogens with zero attached hydrogens (tertiary/aromatic N) is 1. The van der Waals surface area contributed by atoms with E-state index in [1.54, 1.807) is 19.1 Å². The Morgan fingerprint density at radius 1 is 1.56 bits per heavy atom. The molecular formula is C11H15N3O4. The van der Waals surface area contributed by atoms with Crippen LogP contribution in [0.5, 0.6) is 5.75 Å². The second kappa shape index (κ2) is 5.97. The number of carbonyl (C=O) groups is 1. The zero-order chi connectivity index (χ0) is 13.7. The van der Waals surface area contributed by atoms with Gasteiger partial charge in [-0.05, 0) is 12.5 Å². The van der Waals surface area contributed by atoms with Crippen LogP contribution in [0.2, 0.25) is 0 Å². The van der Waals surface area contributed by atoms with Crippen molar-refractivity contribution in [1.29, 1.82) is 0 Å². The lowest BCUT2D eigenvalue weighted by atomic mass is 10.2. The molecule has 0 spiro atoms. The molecule has 4 N–H and O–H groups in total. The fourth-order valence-corrected chi connectivity index (χ4v) is 1.40. The van der Waals surface area contributed by atoms with Gasteiger partial charge in [-0.2, -0.15) is 0 Å². The smallest absolute Gasteiger partial charge is 0.311 e. The van der Waals surface area contributed by atoms with E-state index in [2.05, 4.69) is 0 Å². The average molecular weight is 253 g/mol. The predicted octanol–water partition coefficient (Wildman–Crippen LogP) is 0.485. The van der Waals surface area contributed by atoms with Gasteiger partial charge < -0.3 is 16.2 Å². The van der Waals surface area contributed by atoms with Gasteiger partial charge in [0, 0.05) is 12.5 Å². The first kappa shape index (κ1) is 13.9. The fourth-order valence-electron chi connectivity index (χ4n) is 1.40. The van der Waals surface area contributed by atoms with Crippen molar-refractivity contribution in [1.82, 2.24) is 0 Å². The van der Waals surface area contributed by atoms with Crippen molar-refractivity contribution in [2.24, 2.45) is 11.5 Å². The zero-order valence-electron chi connectivity index (χ0n) is 9.96. The van der Waals surface area contributed by atoms with Gasteiger partial charge in [-0.3, -0.25) is 14.9 Å². The van der Waals surface area contributed by atoms with E-state index >= 15 is 0 Å². The van der Waals surface area contributed by atoms with Crippen molar-refractivity contribution in [2.45, 2.75) is 19.4 Å². The Labute approximate surface area is 104 Å². The third-order valence-corrected chi connectivity index (χ3v) is 2.43.